The summed E-state index contributed by atoms with van der Waals surface area (Å²) in [5, 5.41) is 12.4. The molecule has 1 N–H and O–H groups in total. The molecule has 0 fully saturated rings. The molecule has 146 valence electrons. The zero-order valence-corrected chi connectivity index (χ0v) is 16.7. The van der Waals surface area contributed by atoms with E-state index in [1.807, 2.05) is 61.5 Å². The molecular formula is C21H23N3O3S. The number of amides is 1. The van der Waals surface area contributed by atoms with E-state index < -0.39 is 6.10 Å². The molecule has 0 aliphatic rings. The lowest BCUT2D eigenvalue weighted by atomic mass is 10.1. The topological polar surface area (TPSA) is 73.3 Å². The molecule has 28 heavy (non-hydrogen) atoms. The van der Waals surface area contributed by atoms with Crippen LogP contribution >= 0.6 is 11.3 Å². The molecule has 0 spiro atoms. The van der Waals surface area contributed by atoms with E-state index in [9.17, 15) is 4.79 Å². The fourth-order valence-corrected chi connectivity index (χ4v) is 3.36. The molecule has 1 atom stereocenters. The van der Waals surface area contributed by atoms with E-state index in [1.165, 1.54) is 16.9 Å². The summed E-state index contributed by atoms with van der Waals surface area (Å²) in [7, 11) is 1.65. The number of benzene rings is 2. The van der Waals surface area contributed by atoms with Gasteiger partial charge in [0, 0.05) is 6.42 Å². The van der Waals surface area contributed by atoms with Crippen LogP contribution in [0.15, 0.2) is 54.6 Å². The molecule has 0 aliphatic heterocycles. The van der Waals surface area contributed by atoms with Gasteiger partial charge in [-0.2, -0.15) is 0 Å². The van der Waals surface area contributed by atoms with Crippen molar-refractivity contribution in [3.05, 3.63) is 65.2 Å². The second-order valence-corrected chi connectivity index (χ2v) is 7.23. The number of para-hydroxylation sites is 1. The lowest BCUT2D eigenvalue weighted by Crippen LogP contribution is -2.32. The molecule has 0 saturated carbocycles. The molecule has 7 heteroatoms. The van der Waals surface area contributed by atoms with Crippen molar-refractivity contribution in [2.45, 2.75) is 32.3 Å². The SMILES string of the molecule is CCC(Oc1ccccc1)C(=O)Nc1nnc(CCc2ccc(OC)cc2)s1. The van der Waals surface area contributed by atoms with Gasteiger partial charge in [0.25, 0.3) is 5.91 Å². The van der Waals surface area contributed by atoms with Gasteiger partial charge >= 0.3 is 0 Å². The number of ether oxygens (including phenoxy) is 2. The molecule has 6 nitrogen and oxygen atoms in total. The molecule has 2 aromatic carbocycles. The number of rotatable bonds is 9. The summed E-state index contributed by atoms with van der Waals surface area (Å²) in [5.41, 5.74) is 1.20. The van der Waals surface area contributed by atoms with Crippen molar-refractivity contribution >= 4 is 22.4 Å². The van der Waals surface area contributed by atoms with Gasteiger partial charge in [-0.15, -0.1) is 10.2 Å². The van der Waals surface area contributed by atoms with Crippen LogP contribution in [0.5, 0.6) is 11.5 Å². The highest BCUT2D eigenvalue weighted by Gasteiger charge is 2.20. The fraction of sp³-hybridized carbons (Fsp3) is 0.286. The minimum absolute atomic E-state index is 0.218. The van der Waals surface area contributed by atoms with Gasteiger partial charge in [0.15, 0.2) is 6.10 Å². The Kier molecular flexibility index (Phi) is 6.97. The quantitative estimate of drug-likeness (QED) is 0.588. The van der Waals surface area contributed by atoms with E-state index in [2.05, 4.69) is 15.5 Å². The van der Waals surface area contributed by atoms with Crippen LogP contribution in [0.1, 0.15) is 23.9 Å². The Bertz CT molecular complexity index is 881. The predicted molar refractivity (Wildman–Crippen MR) is 110 cm³/mol. The minimum atomic E-state index is -0.575. The van der Waals surface area contributed by atoms with Crippen LogP contribution in [-0.2, 0) is 17.6 Å². The normalized spacial score (nSPS) is 11.6. The first kappa shape index (κ1) is 19.8. The molecule has 0 bridgehead atoms. The molecule has 0 aliphatic carbocycles. The second-order valence-electron chi connectivity index (χ2n) is 6.17. The summed E-state index contributed by atoms with van der Waals surface area (Å²) >= 11 is 1.39. The fourth-order valence-electron chi connectivity index (χ4n) is 2.62. The van der Waals surface area contributed by atoms with Crippen molar-refractivity contribution in [2.24, 2.45) is 0 Å². The van der Waals surface area contributed by atoms with E-state index >= 15 is 0 Å². The molecule has 0 saturated heterocycles. The van der Waals surface area contributed by atoms with Gasteiger partial charge in [-0.3, -0.25) is 10.1 Å². The maximum Gasteiger partial charge on any atom is 0.267 e. The third-order valence-corrected chi connectivity index (χ3v) is 5.07. The van der Waals surface area contributed by atoms with E-state index in [0.29, 0.717) is 17.3 Å². The van der Waals surface area contributed by atoms with Gasteiger partial charge in [0.05, 0.1) is 7.11 Å². The third kappa shape index (κ3) is 5.53. The van der Waals surface area contributed by atoms with Gasteiger partial charge in [-0.25, -0.2) is 0 Å². The Morgan fingerprint density at radius 2 is 1.79 bits per heavy atom. The lowest BCUT2D eigenvalue weighted by molar-refractivity contribution is -0.122. The average molecular weight is 398 g/mol. The molecule has 1 unspecified atom stereocenters. The number of hydrogen-bond acceptors (Lipinski definition) is 6. The molecule has 3 aromatic rings. The first-order chi connectivity index (χ1) is 13.7. The molecule has 1 amide bonds. The molecular weight excluding hydrogens is 374 g/mol. The number of aryl methyl sites for hydroxylation is 2. The van der Waals surface area contributed by atoms with Crippen LogP contribution in [0.4, 0.5) is 5.13 Å². The number of hydrogen-bond donors (Lipinski definition) is 1. The van der Waals surface area contributed by atoms with Crippen molar-refractivity contribution in [2.75, 3.05) is 12.4 Å². The average Bonchev–Trinajstić information content (AvgIpc) is 3.18. The van der Waals surface area contributed by atoms with Crippen molar-refractivity contribution in [3.8, 4) is 11.5 Å². The maximum absolute atomic E-state index is 12.5. The third-order valence-electron chi connectivity index (χ3n) is 4.17. The molecule has 1 heterocycles. The van der Waals surface area contributed by atoms with Crippen molar-refractivity contribution in [1.82, 2.24) is 10.2 Å². The van der Waals surface area contributed by atoms with Gasteiger partial charge in [-0.1, -0.05) is 48.6 Å². The summed E-state index contributed by atoms with van der Waals surface area (Å²) in [6.45, 7) is 1.91. The zero-order chi connectivity index (χ0) is 19.8. The van der Waals surface area contributed by atoms with E-state index in [0.717, 1.165) is 23.6 Å². The number of aromatic nitrogens is 2. The summed E-state index contributed by atoms with van der Waals surface area (Å²) in [6, 6.07) is 17.3. The van der Waals surface area contributed by atoms with Crippen molar-refractivity contribution in [3.63, 3.8) is 0 Å². The summed E-state index contributed by atoms with van der Waals surface area (Å²) < 4.78 is 10.9. The van der Waals surface area contributed by atoms with E-state index in [4.69, 9.17) is 9.47 Å². The summed E-state index contributed by atoms with van der Waals surface area (Å²) in [5.74, 6) is 1.29. The van der Waals surface area contributed by atoms with Gasteiger partial charge < -0.3 is 9.47 Å². The number of carbonyl (C=O) groups excluding carboxylic acids is 1. The van der Waals surface area contributed by atoms with Crippen molar-refractivity contribution in [1.29, 1.82) is 0 Å². The number of carbonyl (C=O) groups is 1. The molecule has 3 rings (SSSR count). The Hall–Kier alpha value is -2.93. The minimum Gasteiger partial charge on any atom is -0.497 e. The van der Waals surface area contributed by atoms with Gasteiger partial charge in [-0.05, 0) is 42.7 Å². The Morgan fingerprint density at radius 3 is 2.46 bits per heavy atom. The number of methoxy groups -OCH3 is 1. The van der Waals surface area contributed by atoms with Crippen LogP contribution in [0.3, 0.4) is 0 Å². The van der Waals surface area contributed by atoms with Gasteiger partial charge in [0.2, 0.25) is 5.13 Å². The number of nitrogens with one attached hydrogen (secondary N) is 1. The smallest absolute Gasteiger partial charge is 0.267 e. The number of nitrogens with zero attached hydrogens (tertiary/aromatic N) is 2. The largest absolute Gasteiger partial charge is 0.497 e. The first-order valence-electron chi connectivity index (χ1n) is 9.15. The second kappa shape index (κ2) is 9.85. The Morgan fingerprint density at radius 1 is 1.04 bits per heavy atom. The highest BCUT2D eigenvalue weighted by Crippen LogP contribution is 2.20. The van der Waals surface area contributed by atoms with Crippen molar-refractivity contribution < 1.29 is 14.3 Å². The molecule has 1 aromatic heterocycles. The number of anilines is 1. The summed E-state index contributed by atoms with van der Waals surface area (Å²) in [6.07, 6.45) is 1.59. The Balaban J connectivity index is 1.53. The maximum atomic E-state index is 12.5. The highest BCUT2D eigenvalue weighted by molar-refractivity contribution is 7.15. The standard InChI is InChI=1S/C21H23N3O3S/c1-3-18(27-17-7-5-4-6-8-17)20(25)22-21-24-23-19(28-21)14-11-15-9-12-16(26-2)13-10-15/h4-10,12-13,18H,3,11,14H2,1-2H3,(H,22,24,25). The first-order valence-corrected chi connectivity index (χ1v) is 9.97. The van der Waals surface area contributed by atoms with Crippen LogP contribution in [-0.4, -0.2) is 29.3 Å². The van der Waals surface area contributed by atoms with Crippen LogP contribution in [0.2, 0.25) is 0 Å². The zero-order valence-electron chi connectivity index (χ0n) is 15.9. The highest BCUT2D eigenvalue weighted by atomic mass is 32.1. The van der Waals surface area contributed by atoms with Crippen LogP contribution in [0.25, 0.3) is 0 Å². The summed E-state index contributed by atoms with van der Waals surface area (Å²) in [4.78, 5) is 12.5. The molecule has 0 radical (unpaired) electrons. The van der Waals surface area contributed by atoms with Crippen LogP contribution in [0, 0.1) is 0 Å². The monoisotopic (exact) mass is 397 g/mol. The predicted octanol–water partition coefficient (Wildman–Crippen LogP) is 4.13. The van der Waals surface area contributed by atoms with E-state index in [-0.39, 0.29) is 5.91 Å². The lowest BCUT2D eigenvalue weighted by Gasteiger charge is -2.16. The van der Waals surface area contributed by atoms with E-state index in [1.54, 1.807) is 7.11 Å². The van der Waals surface area contributed by atoms with Crippen LogP contribution < -0.4 is 14.8 Å². The Labute approximate surface area is 168 Å². The van der Waals surface area contributed by atoms with Gasteiger partial charge in [0.1, 0.15) is 16.5 Å².